The Labute approximate surface area is 127 Å². The topological polar surface area (TPSA) is 20.3 Å². The highest BCUT2D eigenvalue weighted by molar-refractivity contribution is 14.1. The number of anilines is 1. The molecule has 0 fully saturated rings. The number of hydrogen-bond donors (Lipinski definition) is 0. The first-order valence-electron chi connectivity index (χ1n) is 5.20. The Morgan fingerprint density at radius 3 is 2.82 bits per heavy atom. The molecule has 0 radical (unpaired) electrons. The highest BCUT2D eigenvalue weighted by Gasteiger charge is 2.27. The predicted octanol–water partition coefficient (Wildman–Crippen LogP) is 4.57. The van der Waals surface area contributed by atoms with Crippen LogP contribution < -0.4 is 4.90 Å². The normalized spacial score (nSPS) is 17.1. The summed E-state index contributed by atoms with van der Waals surface area (Å²) in [5.74, 6) is 0.124. The summed E-state index contributed by atoms with van der Waals surface area (Å²) in [5, 5.41) is 1.05. The number of carbonyl (C=O) groups excluding carboxylic acids is 1. The Morgan fingerprint density at radius 2 is 2.24 bits per heavy atom. The Balaban J connectivity index is 2.52. The summed E-state index contributed by atoms with van der Waals surface area (Å²) in [4.78, 5) is 14.9. The third-order valence-corrected chi connectivity index (χ3v) is 5.79. The fraction of sp³-hybridized carbons (Fsp3) is 0.250. The highest BCUT2D eigenvalue weighted by Crippen LogP contribution is 2.48. The SMILES string of the molecule is CCN1C(=C(I)C(C)=O)Sc2ccc(Br)cc21. The minimum absolute atomic E-state index is 0.124. The molecule has 0 bridgehead atoms. The molecule has 0 spiro atoms. The van der Waals surface area contributed by atoms with Gasteiger partial charge in [0.15, 0.2) is 5.78 Å². The Hall–Kier alpha value is -0.0100. The molecular formula is C12H11BrINOS. The molecule has 0 aromatic heterocycles. The summed E-state index contributed by atoms with van der Waals surface area (Å²) < 4.78 is 1.87. The van der Waals surface area contributed by atoms with Gasteiger partial charge in [-0.05, 0) is 54.6 Å². The van der Waals surface area contributed by atoms with E-state index in [4.69, 9.17) is 0 Å². The summed E-state index contributed by atoms with van der Waals surface area (Å²) in [5.41, 5.74) is 1.18. The van der Waals surface area contributed by atoms with E-state index in [0.29, 0.717) is 0 Å². The van der Waals surface area contributed by atoms with Crippen molar-refractivity contribution in [2.45, 2.75) is 18.7 Å². The van der Waals surface area contributed by atoms with Gasteiger partial charge in [-0.3, -0.25) is 4.79 Å². The third-order valence-electron chi connectivity index (χ3n) is 2.48. The number of halogens is 2. The van der Waals surface area contributed by atoms with Gasteiger partial charge in [0, 0.05) is 15.9 Å². The first kappa shape index (κ1) is 13.4. The lowest BCUT2D eigenvalue weighted by Gasteiger charge is -2.19. The minimum atomic E-state index is 0.124. The monoisotopic (exact) mass is 423 g/mol. The van der Waals surface area contributed by atoms with Gasteiger partial charge in [-0.15, -0.1) is 0 Å². The molecule has 0 aliphatic carbocycles. The standard InChI is InChI=1S/C12H11BrINOS/c1-3-15-9-6-8(13)4-5-10(9)17-12(15)11(14)7(2)16/h4-6H,3H2,1-2H3. The molecule has 0 amide bonds. The van der Waals surface area contributed by atoms with Crippen molar-refractivity contribution in [2.24, 2.45) is 0 Å². The lowest BCUT2D eigenvalue weighted by atomic mass is 10.3. The zero-order valence-electron chi connectivity index (χ0n) is 9.46. The summed E-state index contributed by atoms with van der Waals surface area (Å²) in [7, 11) is 0. The second-order valence-electron chi connectivity index (χ2n) is 3.63. The van der Waals surface area contributed by atoms with Crippen LogP contribution in [0.1, 0.15) is 13.8 Å². The van der Waals surface area contributed by atoms with Crippen molar-refractivity contribution in [3.05, 3.63) is 31.3 Å². The van der Waals surface area contributed by atoms with Crippen molar-refractivity contribution < 1.29 is 4.79 Å². The lowest BCUT2D eigenvalue weighted by Crippen LogP contribution is -2.18. The molecule has 0 saturated heterocycles. The van der Waals surface area contributed by atoms with Crippen molar-refractivity contribution in [1.82, 2.24) is 0 Å². The van der Waals surface area contributed by atoms with E-state index in [-0.39, 0.29) is 5.78 Å². The minimum Gasteiger partial charge on any atom is -0.334 e. The molecule has 2 rings (SSSR count). The number of hydrogen-bond acceptors (Lipinski definition) is 3. The van der Waals surface area contributed by atoms with Crippen LogP contribution in [0.4, 0.5) is 5.69 Å². The van der Waals surface area contributed by atoms with Gasteiger partial charge in [-0.1, -0.05) is 27.7 Å². The lowest BCUT2D eigenvalue weighted by molar-refractivity contribution is -0.112. The number of carbonyl (C=O) groups is 1. The van der Waals surface area contributed by atoms with Gasteiger partial charge in [-0.25, -0.2) is 0 Å². The number of fused-ring (bicyclic) bond motifs is 1. The van der Waals surface area contributed by atoms with Crippen molar-refractivity contribution in [3.63, 3.8) is 0 Å². The average Bonchev–Trinajstić information content (AvgIpc) is 2.65. The molecule has 0 N–H and O–H groups in total. The average molecular weight is 424 g/mol. The molecule has 1 aromatic carbocycles. The van der Waals surface area contributed by atoms with E-state index in [1.807, 2.05) is 6.07 Å². The number of nitrogens with zero attached hydrogens (tertiary/aromatic N) is 1. The zero-order valence-corrected chi connectivity index (χ0v) is 14.0. The van der Waals surface area contributed by atoms with E-state index in [1.54, 1.807) is 18.7 Å². The molecular weight excluding hydrogens is 413 g/mol. The highest BCUT2D eigenvalue weighted by atomic mass is 127. The summed E-state index contributed by atoms with van der Waals surface area (Å²) >= 11 is 7.29. The first-order chi connectivity index (χ1) is 8.04. The molecule has 90 valence electrons. The Kier molecular flexibility index (Phi) is 4.20. The number of allylic oxidation sites excluding steroid dienone is 1. The van der Waals surface area contributed by atoms with E-state index in [9.17, 15) is 4.79 Å². The van der Waals surface area contributed by atoms with Gasteiger partial charge >= 0.3 is 0 Å². The van der Waals surface area contributed by atoms with Gasteiger partial charge in [0.1, 0.15) is 0 Å². The third kappa shape index (κ3) is 2.56. The number of thioether (sulfide) groups is 1. The van der Waals surface area contributed by atoms with E-state index in [0.717, 1.165) is 19.6 Å². The quantitative estimate of drug-likeness (QED) is 0.513. The maximum Gasteiger partial charge on any atom is 0.168 e. The smallest absolute Gasteiger partial charge is 0.168 e. The molecule has 0 saturated carbocycles. The molecule has 17 heavy (non-hydrogen) atoms. The number of benzene rings is 1. The van der Waals surface area contributed by atoms with Crippen LogP contribution in [0, 0.1) is 0 Å². The van der Waals surface area contributed by atoms with Crippen molar-refractivity contribution in [1.29, 1.82) is 0 Å². The number of rotatable bonds is 2. The van der Waals surface area contributed by atoms with Crippen molar-refractivity contribution >= 4 is 61.8 Å². The molecule has 5 heteroatoms. The van der Waals surface area contributed by atoms with Crippen LogP contribution in [0.25, 0.3) is 0 Å². The van der Waals surface area contributed by atoms with Crippen LogP contribution in [-0.2, 0) is 4.79 Å². The van der Waals surface area contributed by atoms with Crippen LogP contribution in [0.3, 0.4) is 0 Å². The number of ketones is 1. The largest absolute Gasteiger partial charge is 0.334 e. The van der Waals surface area contributed by atoms with Gasteiger partial charge in [0.05, 0.1) is 14.3 Å². The van der Waals surface area contributed by atoms with Crippen molar-refractivity contribution in [3.8, 4) is 0 Å². The molecule has 0 atom stereocenters. The fourth-order valence-corrected chi connectivity index (χ4v) is 3.84. The van der Waals surface area contributed by atoms with E-state index < -0.39 is 0 Å². The van der Waals surface area contributed by atoms with E-state index in [1.165, 1.54) is 10.6 Å². The second kappa shape index (κ2) is 5.32. The van der Waals surface area contributed by atoms with Gasteiger partial charge in [0.25, 0.3) is 0 Å². The molecule has 1 heterocycles. The van der Waals surface area contributed by atoms with Crippen LogP contribution in [-0.4, -0.2) is 12.3 Å². The summed E-state index contributed by atoms with van der Waals surface area (Å²) in [6, 6.07) is 6.22. The number of Topliss-reactive ketones (excluding diaryl/α,β-unsaturated/α-hetero) is 1. The van der Waals surface area contributed by atoms with Crippen LogP contribution in [0.5, 0.6) is 0 Å². The van der Waals surface area contributed by atoms with Gasteiger partial charge in [0.2, 0.25) is 0 Å². The van der Waals surface area contributed by atoms with E-state index in [2.05, 4.69) is 62.5 Å². The van der Waals surface area contributed by atoms with Crippen molar-refractivity contribution in [2.75, 3.05) is 11.4 Å². The maximum atomic E-state index is 11.5. The van der Waals surface area contributed by atoms with Crippen LogP contribution in [0.2, 0.25) is 0 Å². The molecule has 0 unspecified atom stereocenters. The Bertz CT molecular complexity index is 515. The van der Waals surface area contributed by atoms with Crippen LogP contribution >= 0.6 is 50.3 Å². The van der Waals surface area contributed by atoms with Gasteiger partial charge in [-0.2, -0.15) is 0 Å². The fourth-order valence-electron chi connectivity index (χ4n) is 1.68. The summed E-state index contributed by atoms with van der Waals surface area (Å²) in [6.07, 6.45) is 0. The maximum absolute atomic E-state index is 11.5. The molecule has 1 aromatic rings. The summed E-state index contributed by atoms with van der Waals surface area (Å²) in [6.45, 7) is 4.58. The molecule has 1 aliphatic rings. The predicted molar refractivity (Wildman–Crippen MR) is 84.7 cm³/mol. The first-order valence-corrected chi connectivity index (χ1v) is 7.89. The zero-order chi connectivity index (χ0) is 12.6. The second-order valence-corrected chi connectivity index (χ2v) is 6.66. The Morgan fingerprint density at radius 1 is 1.53 bits per heavy atom. The van der Waals surface area contributed by atoms with Gasteiger partial charge < -0.3 is 4.90 Å². The van der Waals surface area contributed by atoms with E-state index >= 15 is 0 Å². The molecule has 2 nitrogen and oxygen atoms in total. The molecule has 1 aliphatic heterocycles. The van der Waals surface area contributed by atoms with Crippen LogP contribution in [0.15, 0.2) is 36.2 Å².